The number of aromatic nitrogens is 2. The van der Waals surface area contributed by atoms with Gasteiger partial charge < -0.3 is 19.8 Å². The standard InChI is InChI=1S/C21H23N3O4S/c1-5-11-29-21-23-18-17(19(25)24-21)16(13-7-9-14(27-4)10-8-13)15(12(3)22-18)20(26)28-6-2/h5,7-10,16H,1,6,11H2,2-4H3,(H2,22,23,24,25)/t16-/m0/s1. The number of benzene rings is 1. The summed E-state index contributed by atoms with van der Waals surface area (Å²) < 4.78 is 10.5. The summed E-state index contributed by atoms with van der Waals surface area (Å²) in [5.41, 5.74) is 1.85. The Balaban J connectivity index is 2.18. The maximum absolute atomic E-state index is 13.0. The van der Waals surface area contributed by atoms with Gasteiger partial charge in [-0.1, -0.05) is 30.0 Å². The molecule has 0 radical (unpaired) electrons. The highest BCUT2D eigenvalue weighted by Crippen LogP contribution is 2.40. The van der Waals surface area contributed by atoms with Crippen LogP contribution in [0.15, 0.2) is 58.1 Å². The Morgan fingerprint density at radius 2 is 2.07 bits per heavy atom. The summed E-state index contributed by atoms with van der Waals surface area (Å²) in [6, 6.07) is 7.27. The van der Waals surface area contributed by atoms with Gasteiger partial charge in [-0.05, 0) is 31.5 Å². The summed E-state index contributed by atoms with van der Waals surface area (Å²) in [4.78, 5) is 33.1. The average Bonchev–Trinajstić information content (AvgIpc) is 2.71. The number of carbonyl (C=O) groups excluding carboxylic acids is 1. The molecule has 8 heteroatoms. The first kappa shape index (κ1) is 20.7. The molecule has 2 N–H and O–H groups in total. The quantitative estimate of drug-likeness (QED) is 0.311. The van der Waals surface area contributed by atoms with Gasteiger partial charge in [-0.3, -0.25) is 4.79 Å². The molecule has 0 saturated heterocycles. The molecule has 1 aliphatic rings. The number of carbonyl (C=O) groups is 1. The van der Waals surface area contributed by atoms with Crippen molar-refractivity contribution in [3.05, 3.63) is 69.7 Å². The van der Waals surface area contributed by atoms with Crippen molar-refractivity contribution in [2.75, 3.05) is 24.8 Å². The number of esters is 1. The molecular formula is C21H23N3O4S. The summed E-state index contributed by atoms with van der Waals surface area (Å²) in [5.74, 6) is 0.669. The molecule has 0 unspecified atom stereocenters. The van der Waals surface area contributed by atoms with E-state index in [2.05, 4.69) is 21.9 Å². The number of hydrogen-bond donors (Lipinski definition) is 2. The molecule has 152 valence electrons. The molecular weight excluding hydrogens is 390 g/mol. The van der Waals surface area contributed by atoms with Crippen molar-refractivity contribution in [1.82, 2.24) is 9.97 Å². The number of nitrogens with zero attached hydrogens (tertiary/aromatic N) is 1. The van der Waals surface area contributed by atoms with Crippen LogP contribution in [-0.2, 0) is 9.53 Å². The Morgan fingerprint density at radius 1 is 1.34 bits per heavy atom. The maximum atomic E-state index is 13.0. The molecule has 7 nitrogen and oxygen atoms in total. The molecule has 1 aliphatic heterocycles. The maximum Gasteiger partial charge on any atom is 0.336 e. The number of allylic oxidation sites excluding steroid dienone is 1. The fourth-order valence-corrected chi connectivity index (χ4v) is 3.84. The van der Waals surface area contributed by atoms with Crippen molar-refractivity contribution in [1.29, 1.82) is 0 Å². The van der Waals surface area contributed by atoms with Gasteiger partial charge >= 0.3 is 5.97 Å². The van der Waals surface area contributed by atoms with Crippen LogP contribution in [0.4, 0.5) is 5.82 Å². The fourth-order valence-electron chi connectivity index (χ4n) is 3.25. The van der Waals surface area contributed by atoms with Crippen molar-refractivity contribution < 1.29 is 14.3 Å². The first-order valence-corrected chi connectivity index (χ1v) is 10.2. The highest BCUT2D eigenvalue weighted by Gasteiger charge is 2.36. The Kier molecular flexibility index (Phi) is 6.43. The molecule has 0 bridgehead atoms. The second kappa shape index (κ2) is 9.00. The molecule has 3 rings (SSSR count). The lowest BCUT2D eigenvalue weighted by molar-refractivity contribution is -0.138. The summed E-state index contributed by atoms with van der Waals surface area (Å²) >= 11 is 1.38. The van der Waals surface area contributed by atoms with Gasteiger partial charge in [0.25, 0.3) is 5.56 Å². The van der Waals surface area contributed by atoms with E-state index in [9.17, 15) is 9.59 Å². The summed E-state index contributed by atoms with van der Waals surface area (Å²) in [7, 11) is 1.58. The van der Waals surface area contributed by atoms with Gasteiger partial charge in [-0.15, -0.1) is 6.58 Å². The number of methoxy groups -OCH3 is 1. The van der Waals surface area contributed by atoms with Gasteiger partial charge in [0.2, 0.25) is 0 Å². The highest BCUT2D eigenvalue weighted by atomic mass is 32.2. The number of anilines is 1. The van der Waals surface area contributed by atoms with Crippen molar-refractivity contribution in [3.8, 4) is 5.75 Å². The minimum absolute atomic E-state index is 0.240. The van der Waals surface area contributed by atoms with Crippen molar-refractivity contribution in [3.63, 3.8) is 0 Å². The van der Waals surface area contributed by atoms with Crippen LogP contribution < -0.4 is 15.6 Å². The molecule has 0 fully saturated rings. The topological polar surface area (TPSA) is 93.3 Å². The molecule has 2 heterocycles. The molecule has 2 aromatic rings. The first-order valence-electron chi connectivity index (χ1n) is 9.16. The van der Waals surface area contributed by atoms with Gasteiger partial charge in [-0.25, -0.2) is 9.78 Å². The summed E-state index contributed by atoms with van der Waals surface area (Å²) in [5, 5.41) is 3.60. The Hall–Kier alpha value is -3.00. The van der Waals surface area contributed by atoms with E-state index in [1.807, 2.05) is 12.1 Å². The van der Waals surface area contributed by atoms with Gasteiger partial charge in [0.15, 0.2) is 5.16 Å². The van der Waals surface area contributed by atoms with E-state index >= 15 is 0 Å². The fraction of sp³-hybridized carbons (Fsp3) is 0.286. The SMILES string of the molecule is C=CCSc1nc2c(c(=O)[nH]1)[C@@H](c1ccc(OC)cc1)C(C(=O)OCC)=C(C)N2. The number of hydrogen-bond acceptors (Lipinski definition) is 7. The minimum Gasteiger partial charge on any atom is -0.497 e. The van der Waals surface area contributed by atoms with E-state index in [0.29, 0.717) is 39.3 Å². The molecule has 0 aliphatic carbocycles. The average molecular weight is 413 g/mol. The number of H-pyrrole nitrogens is 1. The number of rotatable bonds is 7. The van der Waals surface area contributed by atoms with E-state index in [-0.39, 0.29) is 12.2 Å². The third kappa shape index (κ3) is 4.22. The van der Waals surface area contributed by atoms with E-state index < -0.39 is 11.9 Å². The van der Waals surface area contributed by atoms with Crippen molar-refractivity contribution >= 4 is 23.5 Å². The lowest BCUT2D eigenvalue weighted by Crippen LogP contribution is -2.31. The van der Waals surface area contributed by atoms with Crippen molar-refractivity contribution in [2.45, 2.75) is 24.9 Å². The largest absolute Gasteiger partial charge is 0.497 e. The molecule has 1 aromatic carbocycles. The Morgan fingerprint density at radius 3 is 2.69 bits per heavy atom. The summed E-state index contributed by atoms with van der Waals surface area (Å²) in [6.07, 6.45) is 1.74. The minimum atomic E-state index is -0.606. The van der Waals surface area contributed by atoms with Gasteiger partial charge in [-0.2, -0.15) is 0 Å². The van der Waals surface area contributed by atoms with Gasteiger partial charge in [0, 0.05) is 11.4 Å². The van der Waals surface area contributed by atoms with Crippen LogP contribution in [0.25, 0.3) is 0 Å². The zero-order valence-electron chi connectivity index (χ0n) is 16.6. The van der Waals surface area contributed by atoms with Crippen LogP contribution in [0, 0.1) is 0 Å². The molecule has 29 heavy (non-hydrogen) atoms. The van der Waals surface area contributed by atoms with E-state index in [4.69, 9.17) is 9.47 Å². The molecule has 1 atom stereocenters. The monoisotopic (exact) mass is 413 g/mol. The normalized spacial score (nSPS) is 15.3. The molecule has 0 amide bonds. The smallest absolute Gasteiger partial charge is 0.336 e. The zero-order valence-corrected chi connectivity index (χ0v) is 17.4. The number of thioether (sulfide) groups is 1. The highest BCUT2D eigenvalue weighted by molar-refractivity contribution is 7.99. The lowest BCUT2D eigenvalue weighted by atomic mass is 9.82. The second-order valence-corrected chi connectivity index (χ2v) is 7.33. The Bertz CT molecular complexity index is 1010. The van der Waals surface area contributed by atoms with Gasteiger partial charge in [0.05, 0.1) is 30.8 Å². The number of ether oxygens (including phenoxy) is 2. The van der Waals surface area contributed by atoms with Crippen molar-refractivity contribution in [2.24, 2.45) is 0 Å². The van der Waals surface area contributed by atoms with E-state index in [1.165, 1.54) is 11.8 Å². The Labute approximate surface area is 173 Å². The van der Waals surface area contributed by atoms with Crippen LogP contribution in [0.5, 0.6) is 5.75 Å². The van der Waals surface area contributed by atoms with Crippen LogP contribution >= 0.6 is 11.8 Å². The zero-order chi connectivity index (χ0) is 21.0. The van der Waals surface area contributed by atoms with Crippen LogP contribution in [0.2, 0.25) is 0 Å². The summed E-state index contributed by atoms with van der Waals surface area (Å²) in [6.45, 7) is 7.46. The molecule has 0 spiro atoms. The van der Waals surface area contributed by atoms with Crippen LogP contribution in [0.3, 0.4) is 0 Å². The van der Waals surface area contributed by atoms with Gasteiger partial charge in [0.1, 0.15) is 11.6 Å². The second-order valence-electron chi connectivity index (χ2n) is 6.32. The number of fused-ring (bicyclic) bond motifs is 1. The third-order valence-electron chi connectivity index (χ3n) is 4.50. The predicted octanol–water partition coefficient (Wildman–Crippen LogP) is 3.45. The molecule has 0 saturated carbocycles. The predicted molar refractivity (Wildman–Crippen MR) is 114 cm³/mol. The third-order valence-corrected chi connectivity index (χ3v) is 5.37. The first-order chi connectivity index (χ1) is 14.0. The van der Waals surface area contributed by atoms with Crippen LogP contribution in [0.1, 0.15) is 30.9 Å². The van der Waals surface area contributed by atoms with Crippen LogP contribution in [-0.4, -0.2) is 35.4 Å². The van der Waals surface area contributed by atoms with E-state index in [0.717, 1.165) is 5.56 Å². The number of aromatic amines is 1. The lowest BCUT2D eigenvalue weighted by Gasteiger charge is -2.28. The van der Waals surface area contributed by atoms with E-state index in [1.54, 1.807) is 39.2 Å². The number of nitrogens with one attached hydrogen (secondary N) is 2. The molecule has 1 aromatic heterocycles.